The van der Waals surface area contributed by atoms with Gasteiger partial charge in [-0.2, -0.15) is 0 Å². The molecule has 2 aromatic carbocycles. The van der Waals surface area contributed by atoms with Crippen molar-refractivity contribution in [2.45, 2.75) is 6.42 Å². The lowest BCUT2D eigenvalue weighted by Crippen LogP contribution is -2.27. The largest absolute Gasteiger partial charge is 0.368 e. The van der Waals surface area contributed by atoms with Crippen LogP contribution in [0, 0.1) is 11.6 Å². The van der Waals surface area contributed by atoms with Gasteiger partial charge in [0.05, 0.1) is 17.2 Å². The molecule has 3 heterocycles. The molecular weight excluding hydrogens is 404 g/mol. The first-order valence-electron chi connectivity index (χ1n) is 9.46. The maximum Gasteiger partial charge on any atom is 0.266 e. The Bertz CT molecular complexity index is 1460. The Morgan fingerprint density at radius 2 is 1.81 bits per heavy atom. The zero-order valence-electron chi connectivity index (χ0n) is 16.0. The molecule has 10 heteroatoms. The SMILES string of the molecule is O=c1c2ccccc2nc(CCNc2ncnc3nc[nH]c23)n1-c1c(F)cccc1F. The van der Waals surface area contributed by atoms with E-state index in [9.17, 15) is 13.6 Å². The predicted molar refractivity (Wildman–Crippen MR) is 111 cm³/mol. The number of hydrogen-bond acceptors (Lipinski definition) is 6. The molecule has 0 atom stereocenters. The number of nitrogens with one attached hydrogen (secondary N) is 2. The van der Waals surface area contributed by atoms with Crippen LogP contribution in [0.3, 0.4) is 0 Å². The Balaban J connectivity index is 1.57. The molecule has 154 valence electrons. The van der Waals surface area contributed by atoms with Crippen LogP contribution in [-0.2, 0) is 6.42 Å². The number of imidazole rings is 1. The summed E-state index contributed by atoms with van der Waals surface area (Å²) < 4.78 is 30.1. The zero-order chi connectivity index (χ0) is 21.4. The van der Waals surface area contributed by atoms with Crippen LogP contribution in [0.2, 0.25) is 0 Å². The van der Waals surface area contributed by atoms with Gasteiger partial charge in [-0.05, 0) is 24.3 Å². The van der Waals surface area contributed by atoms with E-state index in [0.29, 0.717) is 29.0 Å². The predicted octanol–water partition coefficient (Wildman–Crippen LogP) is 2.98. The first-order chi connectivity index (χ1) is 15.1. The van der Waals surface area contributed by atoms with Crippen LogP contribution in [0.5, 0.6) is 0 Å². The van der Waals surface area contributed by atoms with Gasteiger partial charge in [0.1, 0.15) is 35.0 Å². The first-order valence-corrected chi connectivity index (χ1v) is 9.46. The second kappa shape index (κ2) is 7.56. The molecule has 0 bridgehead atoms. The minimum atomic E-state index is -0.844. The molecule has 5 rings (SSSR count). The molecule has 0 aliphatic carbocycles. The van der Waals surface area contributed by atoms with E-state index in [0.717, 1.165) is 16.7 Å². The molecule has 0 fully saturated rings. The molecule has 0 saturated heterocycles. The zero-order valence-corrected chi connectivity index (χ0v) is 16.0. The third-order valence-electron chi connectivity index (χ3n) is 4.87. The standard InChI is InChI=1S/C21H15F2N7O/c22-13-5-3-6-14(23)18(13)30-16(29-15-7-2-1-4-12(15)21(30)31)8-9-24-19-17-20(26-10-25-17)28-11-27-19/h1-7,10-11H,8-9H2,(H2,24,25,26,27,28). The lowest BCUT2D eigenvalue weighted by atomic mass is 10.2. The fourth-order valence-electron chi connectivity index (χ4n) is 3.47. The minimum absolute atomic E-state index is 0.202. The van der Waals surface area contributed by atoms with Crippen LogP contribution < -0.4 is 10.9 Å². The Hall–Kier alpha value is -4.21. The van der Waals surface area contributed by atoms with Gasteiger partial charge >= 0.3 is 0 Å². The van der Waals surface area contributed by atoms with Gasteiger partial charge in [-0.1, -0.05) is 18.2 Å². The number of aromatic amines is 1. The summed E-state index contributed by atoms with van der Waals surface area (Å²) in [5.41, 5.74) is 0.605. The summed E-state index contributed by atoms with van der Waals surface area (Å²) in [5, 5.41) is 3.41. The van der Waals surface area contributed by atoms with Crippen molar-refractivity contribution in [1.82, 2.24) is 29.5 Å². The van der Waals surface area contributed by atoms with Gasteiger partial charge in [-0.15, -0.1) is 0 Å². The third kappa shape index (κ3) is 3.27. The molecule has 0 amide bonds. The van der Waals surface area contributed by atoms with Crippen LogP contribution in [0.1, 0.15) is 5.82 Å². The number of para-hydroxylation sites is 2. The Morgan fingerprint density at radius 3 is 2.65 bits per heavy atom. The molecule has 0 aliphatic heterocycles. The van der Waals surface area contributed by atoms with Gasteiger partial charge in [0.2, 0.25) is 0 Å². The summed E-state index contributed by atoms with van der Waals surface area (Å²) >= 11 is 0. The second-order valence-corrected chi connectivity index (χ2v) is 6.76. The van der Waals surface area contributed by atoms with Crippen molar-refractivity contribution in [3.8, 4) is 5.69 Å². The second-order valence-electron chi connectivity index (χ2n) is 6.76. The summed E-state index contributed by atoms with van der Waals surface area (Å²) in [4.78, 5) is 32.9. The molecule has 0 unspecified atom stereocenters. The molecule has 8 nitrogen and oxygen atoms in total. The maximum atomic E-state index is 14.6. The highest BCUT2D eigenvalue weighted by molar-refractivity contribution is 5.82. The molecule has 31 heavy (non-hydrogen) atoms. The lowest BCUT2D eigenvalue weighted by Gasteiger charge is -2.15. The average Bonchev–Trinajstić information content (AvgIpc) is 3.25. The van der Waals surface area contributed by atoms with E-state index in [1.54, 1.807) is 24.3 Å². The highest BCUT2D eigenvalue weighted by Crippen LogP contribution is 2.20. The van der Waals surface area contributed by atoms with Crippen molar-refractivity contribution in [2.24, 2.45) is 0 Å². The summed E-state index contributed by atoms with van der Waals surface area (Å²) in [6, 6.07) is 10.2. The number of halogens is 2. The highest BCUT2D eigenvalue weighted by Gasteiger charge is 2.19. The van der Waals surface area contributed by atoms with Crippen molar-refractivity contribution < 1.29 is 8.78 Å². The van der Waals surface area contributed by atoms with Gasteiger partial charge in [-0.3, -0.25) is 9.36 Å². The summed E-state index contributed by atoms with van der Waals surface area (Å²) in [6.07, 6.45) is 3.09. The number of rotatable bonds is 5. The summed E-state index contributed by atoms with van der Waals surface area (Å²) in [5.74, 6) is -0.948. The molecule has 0 saturated carbocycles. The van der Waals surface area contributed by atoms with E-state index >= 15 is 0 Å². The van der Waals surface area contributed by atoms with E-state index in [1.165, 1.54) is 18.7 Å². The maximum absolute atomic E-state index is 14.6. The average molecular weight is 419 g/mol. The van der Waals surface area contributed by atoms with E-state index in [-0.39, 0.29) is 17.6 Å². The number of hydrogen-bond donors (Lipinski definition) is 2. The van der Waals surface area contributed by atoms with Gasteiger partial charge in [0.15, 0.2) is 11.5 Å². The van der Waals surface area contributed by atoms with E-state index in [2.05, 4.69) is 30.2 Å². The Morgan fingerprint density at radius 1 is 1.00 bits per heavy atom. The summed E-state index contributed by atoms with van der Waals surface area (Å²) in [6.45, 7) is 0.298. The number of fused-ring (bicyclic) bond motifs is 2. The molecule has 0 spiro atoms. The monoisotopic (exact) mass is 419 g/mol. The Labute approximate surface area is 173 Å². The van der Waals surface area contributed by atoms with Crippen LogP contribution in [0.25, 0.3) is 27.8 Å². The molecule has 2 N–H and O–H groups in total. The quantitative estimate of drug-likeness (QED) is 0.454. The highest BCUT2D eigenvalue weighted by atomic mass is 19.1. The number of nitrogens with zero attached hydrogens (tertiary/aromatic N) is 5. The Kier molecular flexibility index (Phi) is 4.58. The number of aromatic nitrogens is 6. The fraction of sp³-hybridized carbons (Fsp3) is 0.0952. The molecule has 0 radical (unpaired) electrons. The fourth-order valence-corrected chi connectivity index (χ4v) is 3.47. The van der Waals surface area contributed by atoms with Gasteiger partial charge < -0.3 is 10.3 Å². The number of H-pyrrole nitrogens is 1. The topological polar surface area (TPSA) is 101 Å². The van der Waals surface area contributed by atoms with Gasteiger partial charge in [0, 0.05) is 13.0 Å². The van der Waals surface area contributed by atoms with Crippen LogP contribution in [0.15, 0.2) is 59.9 Å². The normalized spacial score (nSPS) is 11.3. The molecule has 5 aromatic rings. The smallest absolute Gasteiger partial charge is 0.266 e. The van der Waals surface area contributed by atoms with Crippen LogP contribution >= 0.6 is 0 Å². The van der Waals surface area contributed by atoms with Gasteiger partial charge in [0.25, 0.3) is 5.56 Å². The van der Waals surface area contributed by atoms with Crippen molar-refractivity contribution in [1.29, 1.82) is 0 Å². The molecular formula is C21H15F2N7O. The molecule has 0 aliphatic rings. The van der Waals surface area contributed by atoms with E-state index < -0.39 is 22.9 Å². The molecule has 3 aromatic heterocycles. The van der Waals surface area contributed by atoms with Crippen molar-refractivity contribution in [3.63, 3.8) is 0 Å². The number of benzene rings is 2. The van der Waals surface area contributed by atoms with Crippen molar-refractivity contribution in [3.05, 3.63) is 82.9 Å². The third-order valence-corrected chi connectivity index (χ3v) is 4.87. The first kappa shape index (κ1) is 18.8. The van der Waals surface area contributed by atoms with Crippen LogP contribution in [-0.4, -0.2) is 36.0 Å². The summed E-state index contributed by atoms with van der Waals surface area (Å²) in [7, 11) is 0. The van der Waals surface area contributed by atoms with Crippen molar-refractivity contribution >= 4 is 27.9 Å². The van der Waals surface area contributed by atoms with Crippen LogP contribution in [0.4, 0.5) is 14.6 Å². The lowest BCUT2D eigenvalue weighted by molar-refractivity contribution is 0.561. The number of anilines is 1. The van der Waals surface area contributed by atoms with Crippen molar-refractivity contribution in [2.75, 3.05) is 11.9 Å². The van der Waals surface area contributed by atoms with Gasteiger partial charge in [-0.25, -0.2) is 28.7 Å². The van der Waals surface area contributed by atoms with E-state index in [4.69, 9.17) is 0 Å². The van der Waals surface area contributed by atoms with E-state index in [1.807, 2.05) is 0 Å². The minimum Gasteiger partial charge on any atom is -0.368 e.